The van der Waals surface area contributed by atoms with E-state index in [1.165, 1.54) is 0 Å². The van der Waals surface area contributed by atoms with E-state index in [9.17, 15) is 9.59 Å². The summed E-state index contributed by atoms with van der Waals surface area (Å²) in [6.45, 7) is 2.05. The fourth-order valence-corrected chi connectivity index (χ4v) is 1.22. The van der Waals surface area contributed by atoms with Crippen molar-refractivity contribution in [3.63, 3.8) is 0 Å². The standard InChI is InChI=1S/C8H15N3O2S/c1-2-5(7(10)14)8(13)11-4-3-6(9)12/h5H,2-4H2,1H3,(H2,9,12)(H2,10,14)(H,11,13). The van der Waals surface area contributed by atoms with Gasteiger partial charge in [-0.1, -0.05) is 19.1 Å². The Morgan fingerprint density at radius 1 is 1.43 bits per heavy atom. The third-order valence-corrected chi connectivity index (χ3v) is 2.02. The summed E-state index contributed by atoms with van der Waals surface area (Å²) in [7, 11) is 0. The molecule has 0 aromatic carbocycles. The first-order valence-corrected chi connectivity index (χ1v) is 4.75. The van der Waals surface area contributed by atoms with Gasteiger partial charge in [0.2, 0.25) is 11.8 Å². The summed E-state index contributed by atoms with van der Waals surface area (Å²) in [6.07, 6.45) is 0.678. The number of amides is 2. The van der Waals surface area contributed by atoms with Gasteiger partial charge >= 0.3 is 0 Å². The number of carbonyl (C=O) groups excluding carboxylic acids is 2. The number of carbonyl (C=O) groups is 2. The van der Waals surface area contributed by atoms with Crippen molar-refractivity contribution in [1.29, 1.82) is 0 Å². The SMILES string of the molecule is CCC(C(=O)NCCC(N)=O)C(N)=S. The second-order valence-corrected chi connectivity index (χ2v) is 3.34. The fourth-order valence-electron chi connectivity index (χ4n) is 0.948. The molecule has 0 aromatic heterocycles. The van der Waals surface area contributed by atoms with Crippen LogP contribution < -0.4 is 16.8 Å². The van der Waals surface area contributed by atoms with Crippen LogP contribution in [0.25, 0.3) is 0 Å². The smallest absolute Gasteiger partial charge is 0.229 e. The lowest BCUT2D eigenvalue weighted by atomic mass is 10.1. The van der Waals surface area contributed by atoms with Crippen LogP contribution in [0.4, 0.5) is 0 Å². The number of primary amides is 1. The summed E-state index contributed by atoms with van der Waals surface area (Å²) < 4.78 is 0. The molecule has 0 saturated carbocycles. The minimum Gasteiger partial charge on any atom is -0.393 e. The number of hydrogen-bond donors (Lipinski definition) is 3. The molecule has 0 heterocycles. The highest BCUT2D eigenvalue weighted by atomic mass is 32.1. The third kappa shape index (κ3) is 4.76. The van der Waals surface area contributed by atoms with E-state index in [1.807, 2.05) is 6.92 Å². The molecule has 0 fully saturated rings. The Balaban J connectivity index is 3.93. The zero-order valence-corrected chi connectivity index (χ0v) is 8.89. The number of nitrogens with one attached hydrogen (secondary N) is 1. The van der Waals surface area contributed by atoms with E-state index in [0.717, 1.165) is 0 Å². The minimum atomic E-state index is -0.460. The minimum absolute atomic E-state index is 0.125. The van der Waals surface area contributed by atoms with E-state index in [0.29, 0.717) is 6.42 Å². The van der Waals surface area contributed by atoms with Crippen molar-refractivity contribution in [3.8, 4) is 0 Å². The molecule has 0 rings (SSSR count). The van der Waals surface area contributed by atoms with Gasteiger partial charge in [-0.15, -0.1) is 0 Å². The van der Waals surface area contributed by atoms with Crippen molar-refractivity contribution in [1.82, 2.24) is 5.32 Å². The van der Waals surface area contributed by atoms with E-state index in [2.05, 4.69) is 5.32 Å². The van der Waals surface area contributed by atoms with Gasteiger partial charge in [0.05, 0.1) is 10.9 Å². The summed E-state index contributed by atoms with van der Waals surface area (Å²) >= 11 is 4.72. The number of thiocarbonyl (C=S) groups is 1. The Bertz CT molecular complexity index is 243. The van der Waals surface area contributed by atoms with E-state index < -0.39 is 11.8 Å². The second-order valence-electron chi connectivity index (χ2n) is 2.87. The Kier molecular flexibility index (Phi) is 5.78. The van der Waals surface area contributed by atoms with Crippen LogP contribution in [0, 0.1) is 5.92 Å². The summed E-state index contributed by atoms with van der Waals surface area (Å²) in [5.74, 6) is -1.16. The van der Waals surface area contributed by atoms with Crippen LogP contribution in [0.2, 0.25) is 0 Å². The van der Waals surface area contributed by atoms with Crippen LogP contribution in [0.3, 0.4) is 0 Å². The highest BCUT2D eigenvalue weighted by Crippen LogP contribution is 2.02. The van der Waals surface area contributed by atoms with Gasteiger partial charge in [0, 0.05) is 13.0 Å². The van der Waals surface area contributed by atoms with Crippen LogP contribution in [0.15, 0.2) is 0 Å². The molecule has 5 nitrogen and oxygen atoms in total. The van der Waals surface area contributed by atoms with Gasteiger partial charge in [-0.05, 0) is 6.42 Å². The van der Waals surface area contributed by atoms with Crippen molar-refractivity contribution in [2.24, 2.45) is 17.4 Å². The lowest BCUT2D eigenvalue weighted by molar-refractivity contribution is -0.123. The molecule has 0 radical (unpaired) electrons. The van der Waals surface area contributed by atoms with E-state index in [-0.39, 0.29) is 23.9 Å². The van der Waals surface area contributed by atoms with Gasteiger partial charge in [0.15, 0.2) is 0 Å². The van der Waals surface area contributed by atoms with E-state index in [4.69, 9.17) is 23.7 Å². The molecule has 0 aliphatic heterocycles. The van der Waals surface area contributed by atoms with Gasteiger partial charge in [-0.25, -0.2) is 0 Å². The maximum atomic E-state index is 11.4. The normalized spacial score (nSPS) is 11.8. The molecular weight excluding hydrogens is 202 g/mol. The van der Waals surface area contributed by atoms with Crippen LogP contribution in [0.1, 0.15) is 19.8 Å². The summed E-state index contributed by atoms with van der Waals surface area (Å²) in [5, 5.41) is 2.54. The zero-order chi connectivity index (χ0) is 11.1. The first-order chi connectivity index (χ1) is 6.49. The predicted octanol–water partition coefficient (Wildman–Crippen LogP) is -0.710. The fraction of sp³-hybridized carbons (Fsp3) is 0.625. The van der Waals surface area contributed by atoms with Crippen molar-refractivity contribution < 1.29 is 9.59 Å². The molecule has 0 saturated heterocycles. The Hall–Kier alpha value is -1.17. The molecule has 0 aliphatic rings. The lowest BCUT2D eigenvalue weighted by Crippen LogP contribution is -2.38. The van der Waals surface area contributed by atoms with Crippen LogP contribution >= 0.6 is 12.2 Å². The Labute approximate surface area is 88.2 Å². The third-order valence-electron chi connectivity index (χ3n) is 1.74. The van der Waals surface area contributed by atoms with Crippen molar-refractivity contribution in [2.75, 3.05) is 6.54 Å². The summed E-state index contributed by atoms with van der Waals surface area (Å²) in [4.78, 5) is 21.9. The maximum Gasteiger partial charge on any atom is 0.229 e. The molecule has 0 aromatic rings. The first kappa shape index (κ1) is 12.8. The molecule has 2 amide bonds. The number of rotatable bonds is 6. The maximum absolute atomic E-state index is 11.4. The molecule has 6 heteroatoms. The average Bonchev–Trinajstić information content (AvgIpc) is 2.03. The molecule has 1 atom stereocenters. The Morgan fingerprint density at radius 3 is 2.36 bits per heavy atom. The molecule has 0 bridgehead atoms. The monoisotopic (exact) mass is 217 g/mol. The molecule has 14 heavy (non-hydrogen) atoms. The van der Waals surface area contributed by atoms with Crippen molar-refractivity contribution in [3.05, 3.63) is 0 Å². The zero-order valence-electron chi connectivity index (χ0n) is 8.08. The van der Waals surface area contributed by atoms with E-state index in [1.54, 1.807) is 0 Å². The van der Waals surface area contributed by atoms with Gasteiger partial charge in [-0.2, -0.15) is 0 Å². The molecule has 5 N–H and O–H groups in total. The number of hydrogen-bond acceptors (Lipinski definition) is 3. The first-order valence-electron chi connectivity index (χ1n) is 4.34. The van der Waals surface area contributed by atoms with Gasteiger partial charge in [0.25, 0.3) is 0 Å². The molecule has 1 unspecified atom stereocenters. The molecule has 0 aliphatic carbocycles. The molecule has 80 valence electrons. The lowest BCUT2D eigenvalue weighted by Gasteiger charge is -2.12. The van der Waals surface area contributed by atoms with Gasteiger partial charge in [0.1, 0.15) is 0 Å². The topological polar surface area (TPSA) is 98.2 Å². The van der Waals surface area contributed by atoms with Crippen molar-refractivity contribution in [2.45, 2.75) is 19.8 Å². The molecule has 0 spiro atoms. The van der Waals surface area contributed by atoms with Crippen molar-refractivity contribution >= 4 is 29.0 Å². The van der Waals surface area contributed by atoms with E-state index >= 15 is 0 Å². The second kappa shape index (κ2) is 6.31. The predicted molar refractivity (Wildman–Crippen MR) is 57.4 cm³/mol. The van der Waals surface area contributed by atoms with Crippen LogP contribution in [0.5, 0.6) is 0 Å². The average molecular weight is 217 g/mol. The summed E-state index contributed by atoms with van der Waals surface area (Å²) in [5.41, 5.74) is 10.3. The quantitative estimate of drug-likeness (QED) is 0.512. The number of nitrogens with two attached hydrogens (primary N) is 2. The highest BCUT2D eigenvalue weighted by Gasteiger charge is 2.18. The molecular formula is C8H15N3O2S. The Morgan fingerprint density at radius 2 is 2.00 bits per heavy atom. The largest absolute Gasteiger partial charge is 0.393 e. The highest BCUT2D eigenvalue weighted by molar-refractivity contribution is 7.80. The van der Waals surface area contributed by atoms with Crippen LogP contribution in [-0.2, 0) is 9.59 Å². The van der Waals surface area contributed by atoms with Crippen LogP contribution in [-0.4, -0.2) is 23.3 Å². The van der Waals surface area contributed by atoms with Gasteiger partial charge in [-0.3, -0.25) is 9.59 Å². The summed E-state index contributed by atoms with van der Waals surface area (Å²) in [6, 6.07) is 0. The van der Waals surface area contributed by atoms with Gasteiger partial charge < -0.3 is 16.8 Å².